The number of hydrogen-bond acceptors (Lipinski definition) is 8. The molecule has 2 aromatic carbocycles. The number of ether oxygens (including phenoxy) is 2. The maximum absolute atomic E-state index is 13.6. The van der Waals surface area contributed by atoms with Crippen molar-refractivity contribution in [1.29, 1.82) is 0 Å². The summed E-state index contributed by atoms with van der Waals surface area (Å²) in [5.74, 6) is -2.07. The molecule has 0 spiro atoms. The van der Waals surface area contributed by atoms with Crippen LogP contribution in [-0.2, 0) is 19.7 Å². The fourth-order valence-corrected chi connectivity index (χ4v) is 5.60. The van der Waals surface area contributed by atoms with E-state index in [1.54, 1.807) is 31.2 Å². The second kappa shape index (κ2) is 12.7. The SMILES string of the molecule is C=CCOC(=O)c1sc(N2C(=O)C(=O)C(=C(O)c3cccc(OCCCC)c3)C2c2ccc(C(C)(C)C)cc2)nc1C. The quantitative estimate of drug-likeness (QED) is 0.0686. The van der Waals surface area contributed by atoms with Crippen LogP contribution < -0.4 is 9.64 Å². The minimum Gasteiger partial charge on any atom is -0.507 e. The summed E-state index contributed by atoms with van der Waals surface area (Å²) in [6.45, 7) is 14.1. The number of thiazole rings is 1. The molecule has 0 saturated carbocycles. The number of benzene rings is 2. The number of aromatic nitrogens is 1. The second-order valence-electron chi connectivity index (χ2n) is 11.1. The number of amides is 1. The molecular formula is C33H36N2O6S. The van der Waals surface area contributed by atoms with Gasteiger partial charge in [0.15, 0.2) is 5.13 Å². The topological polar surface area (TPSA) is 106 Å². The van der Waals surface area contributed by atoms with Gasteiger partial charge in [-0.15, -0.1) is 0 Å². The Morgan fingerprint density at radius 1 is 1.17 bits per heavy atom. The van der Waals surface area contributed by atoms with E-state index in [0.717, 1.165) is 29.7 Å². The number of rotatable bonds is 10. The molecule has 1 fully saturated rings. The normalized spacial score (nSPS) is 16.5. The van der Waals surface area contributed by atoms with Gasteiger partial charge in [0.2, 0.25) is 0 Å². The van der Waals surface area contributed by atoms with E-state index in [2.05, 4.69) is 39.3 Å². The lowest BCUT2D eigenvalue weighted by atomic mass is 9.85. The van der Waals surface area contributed by atoms with E-state index in [0.29, 0.717) is 29.2 Å². The van der Waals surface area contributed by atoms with Crippen LogP contribution >= 0.6 is 11.3 Å². The van der Waals surface area contributed by atoms with E-state index in [4.69, 9.17) is 9.47 Å². The molecule has 0 radical (unpaired) electrons. The Kier molecular flexibility index (Phi) is 9.31. The predicted molar refractivity (Wildman–Crippen MR) is 164 cm³/mol. The number of aliphatic hydroxyl groups excluding tert-OH is 1. The number of carbonyl (C=O) groups excluding carboxylic acids is 3. The number of hydrogen-bond donors (Lipinski definition) is 1. The van der Waals surface area contributed by atoms with E-state index in [9.17, 15) is 19.5 Å². The smallest absolute Gasteiger partial charge is 0.350 e. The Morgan fingerprint density at radius 3 is 2.52 bits per heavy atom. The Morgan fingerprint density at radius 2 is 1.88 bits per heavy atom. The van der Waals surface area contributed by atoms with Gasteiger partial charge in [0.25, 0.3) is 5.78 Å². The lowest BCUT2D eigenvalue weighted by molar-refractivity contribution is -0.132. The number of esters is 1. The van der Waals surface area contributed by atoms with Crippen LogP contribution in [-0.4, -0.2) is 41.0 Å². The minimum absolute atomic E-state index is 0.0252. The number of unbranched alkanes of at least 4 members (excludes halogenated alkanes) is 1. The van der Waals surface area contributed by atoms with Gasteiger partial charge in [0.1, 0.15) is 23.0 Å². The molecule has 1 amide bonds. The maximum atomic E-state index is 13.6. The average molecular weight is 589 g/mol. The van der Waals surface area contributed by atoms with Crippen LogP contribution in [0.5, 0.6) is 5.75 Å². The third-order valence-electron chi connectivity index (χ3n) is 6.92. The molecule has 3 aromatic rings. The molecule has 220 valence electrons. The molecule has 0 bridgehead atoms. The first kappa shape index (κ1) is 30.7. The highest BCUT2D eigenvalue weighted by Crippen LogP contribution is 2.44. The van der Waals surface area contributed by atoms with Gasteiger partial charge in [-0.2, -0.15) is 0 Å². The fourth-order valence-electron chi connectivity index (χ4n) is 4.61. The van der Waals surface area contributed by atoms with Crippen LogP contribution in [0.4, 0.5) is 5.13 Å². The number of nitrogens with zero attached hydrogens (tertiary/aromatic N) is 2. The highest BCUT2D eigenvalue weighted by atomic mass is 32.1. The van der Waals surface area contributed by atoms with Crippen molar-refractivity contribution in [3.8, 4) is 5.75 Å². The van der Waals surface area contributed by atoms with Gasteiger partial charge < -0.3 is 14.6 Å². The van der Waals surface area contributed by atoms with Crippen molar-refractivity contribution in [3.05, 3.63) is 94.0 Å². The van der Waals surface area contributed by atoms with Crippen LogP contribution in [0.3, 0.4) is 0 Å². The van der Waals surface area contributed by atoms with Crippen LogP contribution in [0.2, 0.25) is 0 Å². The third-order valence-corrected chi connectivity index (χ3v) is 8.06. The van der Waals surface area contributed by atoms with Gasteiger partial charge in [-0.3, -0.25) is 14.5 Å². The third kappa shape index (κ3) is 6.31. The van der Waals surface area contributed by atoms with Crippen molar-refractivity contribution in [1.82, 2.24) is 4.98 Å². The first-order valence-electron chi connectivity index (χ1n) is 13.9. The molecule has 42 heavy (non-hydrogen) atoms. The number of anilines is 1. The molecule has 1 N–H and O–H groups in total. The number of aryl methyl sites for hydroxylation is 1. The van der Waals surface area contributed by atoms with Gasteiger partial charge in [-0.25, -0.2) is 9.78 Å². The first-order valence-corrected chi connectivity index (χ1v) is 14.7. The zero-order chi connectivity index (χ0) is 30.6. The molecular weight excluding hydrogens is 552 g/mol. The molecule has 4 rings (SSSR count). The Balaban J connectivity index is 1.85. The van der Waals surface area contributed by atoms with E-state index in [1.165, 1.54) is 11.0 Å². The van der Waals surface area contributed by atoms with Gasteiger partial charge in [-0.05, 0) is 42.0 Å². The van der Waals surface area contributed by atoms with Crippen molar-refractivity contribution in [3.63, 3.8) is 0 Å². The van der Waals surface area contributed by atoms with Gasteiger partial charge in [-0.1, -0.05) is 94.5 Å². The maximum Gasteiger partial charge on any atom is 0.350 e. The van der Waals surface area contributed by atoms with Crippen molar-refractivity contribution < 1.29 is 29.0 Å². The zero-order valence-corrected chi connectivity index (χ0v) is 25.4. The fraction of sp³-hybridized carbons (Fsp3) is 0.333. The summed E-state index contributed by atoms with van der Waals surface area (Å²) in [6, 6.07) is 13.4. The van der Waals surface area contributed by atoms with E-state index >= 15 is 0 Å². The molecule has 8 nitrogen and oxygen atoms in total. The van der Waals surface area contributed by atoms with E-state index in [-0.39, 0.29) is 33.4 Å². The van der Waals surface area contributed by atoms with Crippen LogP contribution in [0.15, 0.2) is 66.8 Å². The summed E-state index contributed by atoms with van der Waals surface area (Å²) in [4.78, 5) is 45.8. The summed E-state index contributed by atoms with van der Waals surface area (Å²) >= 11 is 0.959. The zero-order valence-electron chi connectivity index (χ0n) is 24.6. The van der Waals surface area contributed by atoms with Gasteiger partial charge in [0.05, 0.1) is 23.9 Å². The molecule has 1 saturated heterocycles. The van der Waals surface area contributed by atoms with Crippen molar-refractivity contribution in [2.24, 2.45) is 0 Å². The Hall–Kier alpha value is -4.24. The number of aliphatic hydroxyl groups is 1. The lowest BCUT2D eigenvalue weighted by Gasteiger charge is -2.25. The monoisotopic (exact) mass is 588 g/mol. The predicted octanol–water partition coefficient (Wildman–Crippen LogP) is 6.90. The molecule has 0 aliphatic carbocycles. The summed E-state index contributed by atoms with van der Waals surface area (Å²) < 4.78 is 11.0. The van der Waals surface area contributed by atoms with Crippen LogP contribution in [0, 0.1) is 6.92 Å². The Bertz CT molecular complexity index is 1530. The molecule has 1 aliphatic rings. The van der Waals surface area contributed by atoms with Crippen molar-refractivity contribution >= 4 is 39.9 Å². The van der Waals surface area contributed by atoms with Crippen LogP contribution in [0.25, 0.3) is 5.76 Å². The highest BCUT2D eigenvalue weighted by molar-refractivity contribution is 7.17. The molecule has 1 aliphatic heterocycles. The van der Waals surface area contributed by atoms with Crippen molar-refractivity contribution in [2.75, 3.05) is 18.1 Å². The molecule has 2 heterocycles. The summed E-state index contributed by atoms with van der Waals surface area (Å²) in [7, 11) is 0. The summed E-state index contributed by atoms with van der Waals surface area (Å²) in [5.41, 5.74) is 2.20. The number of ketones is 1. The molecule has 1 aromatic heterocycles. The standard InChI is InChI=1S/C33H36N2O6S/c1-7-9-18-40-24-12-10-11-22(19-24)27(36)25-26(21-13-15-23(16-14-21)33(4,5)6)35(30(38)28(25)37)32-34-20(3)29(42-32)31(39)41-17-8-2/h8,10-16,19,26,36H,2,7,9,17-18H2,1,3-6H3. The average Bonchev–Trinajstić information content (AvgIpc) is 3.47. The summed E-state index contributed by atoms with van der Waals surface area (Å²) in [6.07, 6.45) is 3.31. The lowest BCUT2D eigenvalue weighted by Crippen LogP contribution is -2.29. The van der Waals surface area contributed by atoms with E-state index in [1.807, 2.05) is 24.3 Å². The number of Topliss-reactive ketones (excluding diaryl/α,β-unsaturated/α-hetero) is 1. The molecule has 9 heteroatoms. The largest absolute Gasteiger partial charge is 0.507 e. The van der Waals surface area contributed by atoms with Gasteiger partial charge in [0, 0.05) is 5.56 Å². The van der Waals surface area contributed by atoms with Crippen molar-refractivity contribution in [2.45, 2.75) is 58.9 Å². The second-order valence-corrected chi connectivity index (χ2v) is 12.0. The minimum atomic E-state index is -0.980. The van der Waals surface area contributed by atoms with E-state index < -0.39 is 23.7 Å². The molecule has 1 atom stereocenters. The molecule has 1 unspecified atom stereocenters. The van der Waals surface area contributed by atoms with Crippen LogP contribution in [0.1, 0.15) is 78.6 Å². The number of carbonyl (C=O) groups is 3. The first-order chi connectivity index (χ1) is 20.0. The Labute approximate surface area is 250 Å². The summed E-state index contributed by atoms with van der Waals surface area (Å²) in [5, 5.41) is 11.7. The highest BCUT2D eigenvalue weighted by Gasteiger charge is 2.48. The van der Waals surface area contributed by atoms with Gasteiger partial charge >= 0.3 is 11.9 Å².